The summed E-state index contributed by atoms with van der Waals surface area (Å²) in [4.78, 5) is 22.4. The van der Waals surface area contributed by atoms with Crippen molar-refractivity contribution in [3.8, 4) is 16.8 Å². The van der Waals surface area contributed by atoms with Crippen molar-refractivity contribution in [1.29, 1.82) is 0 Å². The molecule has 0 aliphatic carbocycles. The summed E-state index contributed by atoms with van der Waals surface area (Å²) in [5, 5.41) is 13.1. The van der Waals surface area contributed by atoms with Crippen LogP contribution in [-0.2, 0) is 0 Å². The Hall–Kier alpha value is -4.93. The number of nitrogens with two attached hydrogens (primary N) is 1. The molecule has 6 aromatic rings. The minimum absolute atomic E-state index is 0.120. The Morgan fingerprint density at radius 3 is 2.66 bits per heavy atom. The Balaban J connectivity index is 1.24. The summed E-state index contributed by atoms with van der Waals surface area (Å²) in [6, 6.07) is 12.5. The highest BCUT2D eigenvalue weighted by molar-refractivity contribution is 5.94. The number of anilines is 1. The van der Waals surface area contributed by atoms with E-state index < -0.39 is 0 Å². The van der Waals surface area contributed by atoms with Gasteiger partial charge in [0, 0.05) is 54.5 Å². The van der Waals surface area contributed by atoms with Crippen LogP contribution in [0.1, 0.15) is 35.1 Å². The van der Waals surface area contributed by atoms with Gasteiger partial charge < -0.3 is 24.8 Å². The van der Waals surface area contributed by atoms with Gasteiger partial charge in [0.2, 0.25) is 5.82 Å². The van der Waals surface area contributed by atoms with Gasteiger partial charge in [0.1, 0.15) is 17.8 Å². The number of benzene rings is 1. The topological polar surface area (TPSA) is 128 Å². The zero-order valence-corrected chi connectivity index (χ0v) is 20.8. The molecule has 38 heavy (non-hydrogen) atoms. The Morgan fingerprint density at radius 1 is 1.08 bits per heavy atom. The smallest absolute Gasteiger partial charge is 0.291 e. The third kappa shape index (κ3) is 3.46. The van der Waals surface area contributed by atoms with Gasteiger partial charge in [-0.05, 0) is 43.5 Å². The van der Waals surface area contributed by atoms with Crippen molar-refractivity contribution in [2.75, 3.05) is 18.8 Å². The molecule has 0 unspecified atom stereocenters. The number of piperidine rings is 1. The summed E-state index contributed by atoms with van der Waals surface area (Å²) in [5.41, 5.74) is 12.3. The number of hydrogen-bond acceptors (Lipinski definition) is 6. The van der Waals surface area contributed by atoms with Crippen molar-refractivity contribution >= 4 is 28.4 Å². The van der Waals surface area contributed by atoms with Gasteiger partial charge in [-0.15, -0.1) is 10.2 Å². The molecule has 1 saturated heterocycles. The highest BCUT2D eigenvalue weighted by atomic mass is 16.2. The maximum atomic E-state index is 12.7. The molecule has 1 aliphatic rings. The van der Waals surface area contributed by atoms with Crippen LogP contribution in [0, 0.1) is 6.92 Å². The van der Waals surface area contributed by atoms with Gasteiger partial charge in [-0.25, -0.2) is 4.98 Å². The number of hydrogen-bond donors (Lipinski definition) is 2. The van der Waals surface area contributed by atoms with Crippen LogP contribution in [0.5, 0.6) is 0 Å². The van der Waals surface area contributed by atoms with Crippen LogP contribution in [-0.4, -0.2) is 62.8 Å². The molecule has 11 heteroatoms. The zero-order chi connectivity index (χ0) is 25.8. The summed E-state index contributed by atoms with van der Waals surface area (Å²) < 4.78 is 6.04. The average Bonchev–Trinajstić information content (AvgIpc) is 3.75. The first kappa shape index (κ1) is 22.3. The normalized spacial score (nSPS) is 14.6. The molecule has 0 radical (unpaired) electrons. The van der Waals surface area contributed by atoms with E-state index in [9.17, 15) is 4.79 Å². The lowest BCUT2D eigenvalue weighted by Crippen LogP contribution is -2.39. The van der Waals surface area contributed by atoms with Crippen molar-refractivity contribution in [3.63, 3.8) is 0 Å². The van der Waals surface area contributed by atoms with Crippen LogP contribution in [0.2, 0.25) is 0 Å². The number of H-pyrrole nitrogens is 1. The van der Waals surface area contributed by atoms with Crippen molar-refractivity contribution < 1.29 is 4.79 Å². The highest BCUT2D eigenvalue weighted by Crippen LogP contribution is 2.35. The largest absolute Gasteiger partial charge is 0.383 e. The van der Waals surface area contributed by atoms with E-state index in [0.717, 1.165) is 51.9 Å². The maximum absolute atomic E-state index is 12.7. The predicted molar refractivity (Wildman–Crippen MR) is 143 cm³/mol. The van der Waals surface area contributed by atoms with Crippen LogP contribution in [0.3, 0.4) is 0 Å². The van der Waals surface area contributed by atoms with Crippen LogP contribution in [0.25, 0.3) is 33.5 Å². The molecule has 190 valence electrons. The Kier molecular flexibility index (Phi) is 5.03. The molecule has 7 rings (SSSR count). The summed E-state index contributed by atoms with van der Waals surface area (Å²) >= 11 is 0. The summed E-state index contributed by atoms with van der Waals surface area (Å²) in [6.07, 6.45) is 11.1. The van der Waals surface area contributed by atoms with Gasteiger partial charge in [0.25, 0.3) is 5.91 Å². The predicted octanol–water partition coefficient (Wildman–Crippen LogP) is 3.63. The molecule has 11 nitrogen and oxygen atoms in total. The summed E-state index contributed by atoms with van der Waals surface area (Å²) in [7, 11) is 0. The van der Waals surface area contributed by atoms with E-state index in [-0.39, 0.29) is 17.8 Å². The van der Waals surface area contributed by atoms with Gasteiger partial charge in [0.15, 0.2) is 5.65 Å². The molecule has 1 aromatic carbocycles. The highest BCUT2D eigenvalue weighted by Gasteiger charge is 2.28. The lowest BCUT2D eigenvalue weighted by Gasteiger charge is -2.32. The Bertz CT molecular complexity index is 1770. The number of aromatic amines is 1. The fourth-order valence-electron chi connectivity index (χ4n) is 5.51. The van der Waals surface area contributed by atoms with Gasteiger partial charge in [-0.2, -0.15) is 9.61 Å². The molecule has 3 N–H and O–H groups in total. The first-order chi connectivity index (χ1) is 18.6. The molecule has 0 bridgehead atoms. The molecule has 0 atom stereocenters. The van der Waals surface area contributed by atoms with E-state index in [1.165, 1.54) is 6.33 Å². The number of aryl methyl sites for hydroxylation is 1. The minimum atomic E-state index is -0.120. The first-order valence-corrected chi connectivity index (χ1v) is 12.6. The second-order valence-corrected chi connectivity index (χ2v) is 9.71. The van der Waals surface area contributed by atoms with E-state index in [4.69, 9.17) is 10.7 Å². The third-order valence-corrected chi connectivity index (χ3v) is 7.46. The molecule has 1 amide bonds. The van der Waals surface area contributed by atoms with Crippen molar-refractivity contribution in [1.82, 2.24) is 43.8 Å². The molecule has 0 saturated carbocycles. The Morgan fingerprint density at radius 2 is 1.89 bits per heavy atom. The van der Waals surface area contributed by atoms with Crippen LogP contribution in [0.15, 0.2) is 67.5 Å². The van der Waals surface area contributed by atoms with Crippen molar-refractivity contribution in [3.05, 3.63) is 78.9 Å². The van der Waals surface area contributed by atoms with Gasteiger partial charge in [-0.1, -0.05) is 18.2 Å². The maximum Gasteiger partial charge on any atom is 0.291 e. The van der Waals surface area contributed by atoms with Gasteiger partial charge in [-0.3, -0.25) is 4.79 Å². The zero-order valence-electron chi connectivity index (χ0n) is 20.8. The van der Waals surface area contributed by atoms with E-state index in [1.54, 1.807) is 4.52 Å². The van der Waals surface area contributed by atoms with Crippen LogP contribution >= 0.6 is 0 Å². The monoisotopic (exact) mass is 506 g/mol. The van der Waals surface area contributed by atoms with E-state index in [2.05, 4.69) is 66.9 Å². The summed E-state index contributed by atoms with van der Waals surface area (Å²) in [5.74, 6) is 0.731. The number of amides is 1. The number of carbonyl (C=O) groups is 1. The number of fused-ring (bicyclic) bond motifs is 2. The van der Waals surface area contributed by atoms with E-state index in [1.807, 2.05) is 35.5 Å². The molecule has 6 heterocycles. The number of likely N-dealkylation sites (tertiary alicyclic amines) is 1. The quantitative estimate of drug-likeness (QED) is 0.376. The fraction of sp³-hybridized carbons (Fsp3) is 0.222. The second-order valence-electron chi connectivity index (χ2n) is 9.71. The fourth-order valence-corrected chi connectivity index (χ4v) is 5.51. The minimum Gasteiger partial charge on any atom is -0.383 e. The molecule has 0 spiro atoms. The first-order valence-electron chi connectivity index (χ1n) is 12.6. The number of nitrogens with zero attached hydrogens (tertiary/aromatic N) is 8. The lowest BCUT2D eigenvalue weighted by molar-refractivity contribution is 0.0684. The van der Waals surface area contributed by atoms with Crippen LogP contribution in [0.4, 0.5) is 5.82 Å². The van der Waals surface area contributed by atoms with Gasteiger partial charge in [0.05, 0.1) is 11.6 Å². The van der Waals surface area contributed by atoms with E-state index >= 15 is 0 Å². The van der Waals surface area contributed by atoms with Crippen molar-refractivity contribution in [2.45, 2.75) is 25.8 Å². The van der Waals surface area contributed by atoms with Crippen molar-refractivity contribution in [2.24, 2.45) is 0 Å². The summed E-state index contributed by atoms with van der Waals surface area (Å²) in [6.45, 7) is 3.31. The number of carbonyl (C=O) groups excluding carboxylic acids is 1. The second kappa shape index (κ2) is 8.58. The Labute approximate surface area is 217 Å². The molecule has 5 aromatic heterocycles. The molecule has 1 aliphatic heterocycles. The standard InChI is InChI=1S/C27H26N10O/c1-17-14-36(20-8-11-34(12-9-20)27(38)24-29-16-30-33-24)26-22(17)23(28)37-25(32-26)21(13-31-37)18-7-10-35(15-18)19-5-3-2-4-6-19/h2-7,10,13-16,20H,8-9,11-12,28H2,1H3,(H,29,30,33). The molecular formula is C27H26N10O. The SMILES string of the molecule is Cc1cn(C2CCN(C(=O)c3nnc[nH]3)CC2)c2nc3c(-c4ccn(-c5ccccc5)c4)cnn3c(N)c12. The number of rotatable bonds is 4. The average molecular weight is 507 g/mol. The molecular weight excluding hydrogens is 480 g/mol. The number of nitrogen functional groups attached to an aromatic ring is 1. The van der Waals surface area contributed by atoms with Gasteiger partial charge >= 0.3 is 0 Å². The third-order valence-electron chi connectivity index (χ3n) is 7.46. The van der Waals surface area contributed by atoms with E-state index in [0.29, 0.717) is 18.9 Å². The number of nitrogens with one attached hydrogen (secondary N) is 1. The molecule has 1 fully saturated rings. The lowest BCUT2D eigenvalue weighted by atomic mass is 10.0. The number of aromatic nitrogens is 8. The number of para-hydroxylation sites is 1. The van der Waals surface area contributed by atoms with Crippen LogP contribution < -0.4 is 5.73 Å².